The molecule has 2 rings (SSSR count). The molecule has 0 saturated heterocycles. The second-order valence-corrected chi connectivity index (χ2v) is 7.40. The Labute approximate surface area is 151 Å². The number of amides is 1. The van der Waals surface area contributed by atoms with Crippen LogP contribution in [0.5, 0.6) is 5.75 Å². The fourth-order valence-corrected chi connectivity index (χ4v) is 3.89. The van der Waals surface area contributed by atoms with E-state index in [4.69, 9.17) is 16.3 Å². The van der Waals surface area contributed by atoms with Crippen LogP contribution in [0.15, 0.2) is 23.1 Å². The lowest BCUT2D eigenvalue weighted by atomic mass is 10.2. The predicted molar refractivity (Wildman–Crippen MR) is 93.6 cm³/mol. The first-order valence-electron chi connectivity index (χ1n) is 7.39. The quantitative estimate of drug-likeness (QED) is 0.622. The molecular weight excluding hydrogens is 368 g/mol. The Morgan fingerprint density at radius 2 is 2.04 bits per heavy atom. The number of sulfonamides is 1. The number of aromatic nitrogens is 2. The van der Waals surface area contributed by atoms with Crippen molar-refractivity contribution < 1.29 is 17.9 Å². The molecule has 10 heteroatoms. The van der Waals surface area contributed by atoms with Crippen LogP contribution < -0.4 is 14.8 Å². The van der Waals surface area contributed by atoms with Crippen molar-refractivity contribution >= 4 is 27.5 Å². The van der Waals surface area contributed by atoms with Crippen LogP contribution in [-0.2, 0) is 10.0 Å². The summed E-state index contributed by atoms with van der Waals surface area (Å²) >= 11 is 5.89. The third kappa shape index (κ3) is 4.50. The summed E-state index contributed by atoms with van der Waals surface area (Å²) in [4.78, 5) is 12.3. The molecule has 0 aliphatic rings. The van der Waals surface area contributed by atoms with E-state index in [1.165, 1.54) is 13.2 Å². The third-order valence-corrected chi connectivity index (χ3v) is 5.40. The number of nitrogens with one attached hydrogen (secondary N) is 3. The van der Waals surface area contributed by atoms with Gasteiger partial charge in [-0.05, 0) is 32.0 Å². The SMILES string of the molecule is COc1ccc(Cl)cc1C(=O)NCCNS(=O)(=O)c1c(C)n[nH]c1C. The molecule has 1 aromatic heterocycles. The number of carbonyl (C=O) groups excluding carboxylic acids is 1. The van der Waals surface area contributed by atoms with Crippen LogP contribution >= 0.6 is 11.6 Å². The van der Waals surface area contributed by atoms with Crippen molar-refractivity contribution in [1.29, 1.82) is 0 Å². The van der Waals surface area contributed by atoms with Gasteiger partial charge in [-0.2, -0.15) is 5.10 Å². The molecule has 0 unspecified atom stereocenters. The number of H-pyrrole nitrogens is 1. The van der Waals surface area contributed by atoms with Gasteiger partial charge in [0.1, 0.15) is 10.6 Å². The maximum atomic E-state index is 12.3. The first-order chi connectivity index (χ1) is 11.8. The summed E-state index contributed by atoms with van der Waals surface area (Å²) in [5.74, 6) is -0.0265. The molecule has 1 aromatic carbocycles. The molecule has 25 heavy (non-hydrogen) atoms. The van der Waals surface area contributed by atoms with E-state index in [0.29, 0.717) is 22.2 Å². The van der Waals surface area contributed by atoms with Gasteiger partial charge >= 0.3 is 0 Å². The van der Waals surface area contributed by atoms with Crippen LogP contribution in [-0.4, -0.2) is 44.7 Å². The molecule has 0 aliphatic carbocycles. The van der Waals surface area contributed by atoms with Crippen molar-refractivity contribution in [2.45, 2.75) is 18.7 Å². The zero-order valence-corrected chi connectivity index (χ0v) is 15.6. The monoisotopic (exact) mass is 386 g/mol. The minimum atomic E-state index is -3.70. The molecule has 8 nitrogen and oxygen atoms in total. The average molecular weight is 387 g/mol. The van der Waals surface area contributed by atoms with Gasteiger partial charge in [-0.15, -0.1) is 0 Å². The van der Waals surface area contributed by atoms with Gasteiger partial charge in [-0.25, -0.2) is 13.1 Å². The minimum Gasteiger partial charge on any atom is -0.496 e. The summed E-state index contributed by atoms with van der Waals surface area (Å²) in [6.07, 6.45) is 0. The molecule has 0 spiro atoms. The standard InChI is InChI=1S/C15H19ClN4O4S/c1-9-14(10(2)20-19-9)25(22,23)18-7-6-17-15(21)12-8-11(16)4-5-13(12)24-3/h4-5,8,18H,6-7H2,1-3H3,(H,17,21)(H,19,20). The Morgan fingerprint density at radius 1 is 1.32 bits per heavy atom. The lowest BCUT2D eigenvalue weighted by molar-refractivity contribution is 0.0951. The van der Waals surface area contributed by atoms with E-state index in [2.05, 4.69) is 20.2 Å². The van der Waals surface area contributed by atoms with Gasteiger partial charge in [0.15, 0.2) is 0 Å². The zero-order valence-electron chi connectivity index (χ0n) is 14.0. The van der Waals surface area contributed by atoms with E-state index in [0.717, 1.165) is 0 Å². The van der Waals surface area contributed by atoms with Crippen molar-refractivity contribution in [3.8, 4) is 5.75 Å². The molecular formula is C15H19ClN4O4S. The first-order valence-corrected chi connectivity index (χ1v) is 9.25. The second kappa shape index (κ2) is 7.85. The van der Waals surface area contributed by atoms with Crippen molar-refractivity contribution in [3.63, 3.8) is 0 Å². The molecule has 1 amide bonds. The van der Waals surface area contributed by atoms with Gasteiger partial charge in [0, 0.05) is 18.1 Å². The molecule has 3 N–H and O–H groups in total. The molecule has 0 radical (unpaired) electrons. The van der Waals surface area contributed by atoms with Gasteiger partial charge in [-0.3, -0.25) is 9.89 Å². The maximum Gasteiger partial charge on any atom is 0.255 e. The Morgan fingerprint density at radius 3 is 2.64 bits per heavy atom. The first kappa shape index (κ1) is 19.2. The van der Waals surface area contributed by atoms with Crippen molar-refractivity contribution in [2.24, 2.45) is 0 Å². The number of rotatable bonds is 7. The van der Waals surface area contributed by atoms with Crippen molar-refractivity contribution in [3.05, 3.63) is 40.2 Å². The summed E-state index contributed by atoms with van der Waals surface area (Å²) in [7, 11) is -2.25. The van der Waals surface area contributed by atoms with Gasteiger partial charge in [0.05, 0.1) is 24.1 Å². The van der Waals surface area contributed by atoms with Crippen LogP contribution in [0.3, 0.4) is 0 Å². The molecule has 0 atom stereocenters. The molecule has 0 aliphatic heterocycles. The number of hydrogen-bond donors (Lipinski definition) is 3. The molecule has 1 heterocycles. The Balaban J connectivity index is 1.95. The number of aryl methyl sites for hydroxylation is 2. The van der Waals surface area contributed by atoms with Gasteiger partial charge in [0.25, 0.3) is 5.91 Å². The predicted octanol–water partition coefficient (Wildman–Crippen LogP) is 1.40. The highest BCUT2D eigenvalue weighted by Gasteiger charge is 2.21. The fourth-order valence-electron chi connectivity index (χ4n) is 2.32. The van der Waals surface area contributed by atoms with Crippen LogP contribution in [0.4, 0.5) is 0 Å². The number of aromatic amines is 1. The van der Waals surface area contributed by atoms with E-state index in [9.17, 15) is 13.2 Å². The summed E-state index contributed by atoms with van der Waals surface area (Å²) in [5.41, 5.74) is 1.12. The van der Waals surface area contributed by atoms with Crippen LogP contribution in [0.1, 0.15) is 21.7 Å². The van der Waals surface area contributed by atoms with Crippen LogP contribution in [0.2, 0.25) is 5.02 Å². The number of carbonyl (C=O) groups is 1. The highest BCUT2D eigenvalue weighted by atomic mass is 35.5. The van der Waals surface area contributed by atoms with Crippen LogP contribution in [0, 0.1) is 13.8 Å². The van der Waals surface area contributed by atoms with Crippen LogP contribution in [0.25, 0.3) is 0 Å². The second-order valence-electron chi connectivity index (χ2n) is 5.26. The third-order valence-electron chi connectivity index (χ3n) is 3.44. The average Bonchev–Trinajstić information content (AvgIpc) is 2.90. The number of ether oxygens (including phenoxy) is 1. The maximum absolute atomic E-state index is 12.3. The Bertz CT molecular complexity index is 860. The lowest BCUT2D eigenvalue weighted by Gasteiger charge is -2.10. The molecule has 0 saturated carbocycles. The van der Waals surface area contributed by atoms with Gasteiger partial charge in [-0.1, -0.05) is 11.6 Å². The van der Waals surface area contributed by atoms with E-state index >= 15 is 0 Å². The van der Waals surface area contributed by atoms with Crippen molar-refractivity contribution in [2.75, 3.05) is 20.2 Å². The fraction of sp³-hybridized carbons (Fsp3) is 0.333. The number of halogens is 1. The number of benzene rings is 1. The smallest absolute Gasteiger partial charge is 0.255 e. The molecule has 2 aromatic rings. The molecule has 136 valence electrons. The highest BCUT2D eigenvalue weighted by Crippen LogP contribution is 2.22. The lowest BCUT2D eigenvalue weighted by Crippen LogP contribution is -2.35. The van der Waals surface area contributed by atoms with Crippen molar-refractivity contribution in [1.82, 2.24) is 20.2 Å². The summed E-state index contributed by atoms with van der Waals surface area (Å²) < 4.78 is 32.1. The molecule has 0 bridgehead atoms. The van der Waals surface area contributed by atoms with E-state index in [1.807, 2.05) is 0 Å². The number of nitrogens with zero attached hydrogens (tertiary/aromatic N) is 1. The zero-order chi connectivity index (χ0) is 18.6. The van der Waals surface area contributed by atoms with E-state index in [-0.39, 0.29) is 23.5 Å². The topological polar surface area (TPSA) is 113 Å². The van der Waals surface area contributed by atoms with E-state index in [1.54, 1.807) is 26.0 Å². The largest absolute Gasteiger partial charge is 0.496 e. The van der Waals surface area contributed by atoms with Gasteiger partial charge < -0.3 is 10.1 Å². The number of methoxy groups -OCH3 is 1. The summed E-state index contributed by atoms with van der Waals surface area (Å²) in [6.45, 7) is 3.36. The summed E-state index contributed by atoms with van der Waals surface area (Å²) in [6, 6.07) is 4.68. The Kier molecular flexibility index (Phi) is 6.04. The Hall–Kier alpha value is -2.10. The minimum absolute atomic E-state index is 0.0288. The summed E-state index contributed by atoms with van der Waals surface area (Å²) in [5, 5.41) is 9.51. The number of hydrogen-bond acceptors (Lipinski definition) is 5. The molecule has 0 fully saturated rings. The highest BCUT2D eigenvalue weighted by molar-refractivity contribution is 7.89. The normalized spacial score (nSPS) is 11.4. The van der Waals surface area contributed by atoms with Gasteiger partial charge in [0.2, 0.25) is 10.0 Å². The van der Waals surface area contributed by atoms with E-state index < -0.39 is 15.9 Å².